The quantitative estimate of drug-likeness (QED) is 0.877. The first-order chi connectivity index (χ1) is 7.19. The summed E-state index contributed by atoms with van der Waals surface area (Å²) in [5.74, 6) is 0.635. The zero-order valence-corrected chi connectivity index (χ0v) is 9.47. The minimum absolute atomic E-state index is 0.189. The maximum absolute atomic E-state index is 5.84. The van der Waals surface area contributed by atoms with Crippen molar-refractivity contribution in [3.05, 3.63) is 22.5 Å². The molecule has 0 saturated carbocycles. The number of anilines is 1. The molecule has 0 aromatic carbocycles. The molecule has 0 fully saturated rings. The number of methoxy groups -OCH3 is 1. The van der Waals surface area contributed by atoms with Crippen LogP contribution in [-0.2, 0) is 0 Å². The number of nitrogens with two attached hydrogens (primary N) is 1. The zero-order valence-electron chi connectivity index (χ0n) is 7.90. The Morgan fingerprint density at radius 3 is 2.80 bits per heavy atom. The lowest BCUT2D eigenvalue weighted by molar-refractivity contribution is 0.398. The maximum Gasteiger partial charge on any atom is 0.223 e. The molecule has 0 amide bonds. The summed E-state index contributed by atoms with van der Waals surface area (Å²) in [6.07, 6.45) is 0. The first-order valence-electron chi connectivity index (χ1n) is 4.13. The lowest BCUT2D eigenvalue weighted by atomic mass is 10.3. The third-order valence-corrected chi connectivity index (χ3v) is 3.01. The van der Waals surface area contributed by atoms with Crippen LogP contribution in [0.25, 0.3) is 10.6 Å². The number of nitrogen functional groups attached to an aromatic ring is 1. The van der Waals surface area contributed by atoms with Crippen LogP contribution in [0.2, 0.25) is 4.34 Å². The SMILES string of the molecule is COc1cc(-c2ccc(Cl)s2)nc(N)n1. The van der Waals surface area contributed by atoms with Crippen LogP contribution in [0.4, 0.5) is 5.95 Å². The van der Waals surface area contributed by atoms with Gasteiger partial charge in [-0.15, -0.1) is 11.3 Å². The summed E-state index contributed by atoms with van der Waals surface area (Å²) in [6.45, 7) is 0. The fourth-order valence-corrected chi connectivity index (χ4v) is 2.13. The van der Waals surface area contributed by atoms with Crippen molar-refractivity contribution in [1.82, 2.24) is 9.97 Å². The fourth-order valence-electron chi connectivity index (χ4n) is 1.13. The third-order valence-electron chi connectivity index (χ3n) is 1.75. The summed E-state index contributed by atoms with van der Waals surface area (Å²) in [5, 5.41) is 0. The Kier molecular flexibility index (Phi) is 2.75. The average Bonchev–Trinajstić information content (AvgIpc) is 2.64. The standard InChI is InChI=1S/C9H8ClN3OS/c1-14-8-4-5(12-9(11)13-8)6-2-3-7(10)15-6/h2-4H,1H3,(H2,11,12,13). The van der Waals surface area contributed by atoms with E-state index in [1.54, 1.807) is 6.07 Å². The van der Waals surface area contributed by atoms with Gasteiger partial charge >= 0.3 is 0 Å². The molecule has 0 radical (unpaired) electrons. The van der Waals surface area contributed by atoms with E-state index in [4.69, 9.17) is 22.1 Å². The predicted octanol–water partition coefficient (Wildman–Crippen LogP) is 2.45. The van der Waals surface area contributed by atoms with E-state index in [1.165, 1.54) is 18.4 Å². The Hall–Kier alpha value is -1.33. The van der Waals surface area contributed by atoms with E-state index in [2.05, 4.69) is 9.97 Å². The van der Waals surface area contributed by atoms with Gasteiger partial charge in [0, 0.05) is 6.07 Å². The predicted molar refractivity (Wildman–Crippen MR) is 61.3 cm³/mol. The Labute approximate surface area is 95.7 Å². The van der Waals surface area contributed by atoms with Crippen LogP contribution >= 0.6 is 22.9 Å². The Bertz CT molecular complexity index is 486. The van der Waals surface area contributed by atoms with Crippen molar-refractivity contribution in [2.45, 2.75) is 0 Å². The maximum atomic E-state index is 5.84. The van der Waals surface area contributed by atoms with E-state index in [9.17, 15) is 0 Å². The smallest absolute Gasteiger partial charge is 0.223 e. The Morgan fingerprint density at radius 1 is 1.40 bits per heavy atom. The van der Waals surface area contributed by atoms with Gasteiger partial charge in [-0.1, -0.05) is 11.6 Å². The monoisotopic (exact) mass is 241 g/mol. The molecule has 0 bridgehead atoms. The Balaban J connectivity index is 2.48. The van der Waals surface area contributed by atoms with Crippen LogP contribution in [0.3, 0.4) is 0 Å². The van der Waals surface area contributed by atoms with E-state index in [0.29, 0.717) is 10.2 Å². The average molecular weight is 242 g/mol. The van der Waals surface area contributed by atoms with Crippen molar-refractivity contribution < 1.29 is 4.74 Å². The molecule has 2 aromatic rings. The highest BCUT2D eigenvalue weighted by molar-refractivity contribution is 7.19. The van der Waals surface area contributed by atoms with E-state index in [-0.39, 0.29) is 5.95 Å². The minimum Gasteiger partial charge on any atom is -0.481 e. The number of aromatic nitrogens is 2. The second-order valence-electron chi connectivity index (χ2n) is 2.76. The van der Waals surface area contributed by atoms with Gasteiger partial charge in [-0.05, 0) is 12.1 Å². The van der Waals surface area contributed by atoms with Crippen LogP contribution in [0.15, 0.2) is 18.2 Å². The van der Waals surface area contributed by atoms with Crippen LogP contribution < -0.4 is 10.5 Å². The largest absolute Gasteiger partial charge is 0.481 e. The number of halogens is 1. The highest BCUT2D eigenvalue weighted by Gasteiger charge is 2.07. The van der Waals surface area contributed by atoms with Crippen LogP contribution in [0.1, 0.15) is 0 Å². The molecule has 0 aliphatic rings. The van der Waals surface area contributed by atoms with Crippen molar-refractivity contribution >= 4 is 28.9 Å². The molecule has 2 aromatic heterocycles. The molecule has 0 saturated heterocycles. The number of ether oxygens (including phenoxy) is 1. The molecule has 2 heterocycles. The number of hydrogen-bond donors (Lipinski definition) is 1. The van der Waals surface area contributed by atoms with Crippen molar-refractivity contribution in [3.63, 3.8) is 0 Å². The molecule has 2 rings (SSSR count). The van der Waals surface area contributed by atoms with E-state index in [1.807, 2.05) is 12.1 Å². The van der Waals surface area contributed by atoms with E-state index >= 15 is 0 Å². The van der Waals surface area contributed by atoms with Crippen molar-refractivity contribution in [2.75, 3.05) is 12.8 Å². The molecule has 0 atom stereocenters. The minimum atomic E-state index is 0.189. The first kappa shape index (κ1) is 10.2. The molecule has 0 spiro atoms. The zero-order chi connectivity index (χ0) is 10.8. The van der Waals surface area contributed by atoms with Gasteiger partial charge in [-0.25, -0.2) is 4.98 Å². The number of thiophene rings is 1. The summed E-state index contributed by atoms with van der Waals surface area (Å²) in [5.41, 5.74) is 6.27. The molecular formula is C9H8ClN3OS. The second-order valence-corrected chi connectivity index (χ2v) is 4.47. The Morgan fingerprint density at radius 2 is 2.20 bits per heavy atom. The topological polar surface area (TPSA) is 61.0 Å². The molecular weight excluding hydrogens is 234 g/mol. The highest BCUT2D eigenvalue weighted by atomic mass is 35.5. The summed E-state index contributed by atoms with van der Waals surface area (Å²) in [4.78, 5) is 8.94. The van der Waals surface area contributed by atoms with Crippen molar-refractivity contribution in [3.8, 4) is 16.5 Å². The lowest BCUT2D eigenvalue weighted by Gasteiger charge is -2.02. The molecule has 6 heteroatoms. The number of nitrogens with zero attached hydrogens (tertiary/aromatic N) is 2. The van der Waals surface area contributed by atoms with Gasteiger partial charge < -0.3 is 10.5 Å². The van der Waals surface area contributed by atoms with Gasteiger partial charge in [0.15, 0.2) is 0 Å². The lowest BCUT2D eigenvalue weighted by Crippen LogP contribution is -1.98. The molecule has 0 aliphatic carbocycles. The summed E-state index contributed by atoms with van der Waals surface area (Å²) in [7, 11) is 1.53. The fraction of sp³-hybridized carbons (Fsp3) is 0.111. The van der Waals surface area contributed by atoms with Gasteiger partial charge in [0.1, 0.15) is 0 Å². The van der Waals surface area contributed by atoms with Gasteiger partial charge in [0.05, 0.1) is 22.0 Å². The first-order valence-corrected chi connectivity index (χ1v) is 5.33. The number of hydrogen-bond acceptors (Lipinski definition) is 5. The third kappa shape index (κ3) is 2.19. The normalized spacial score (nSPS) is 10.3. The van der Waals surface area contributed by atoms with Gasteiger partial charge in [-0.3, -0.25) is 0 Å². The molecule has 78 valence electrons. The van der Waals surface area contributed by atoms with Gasteiger partial charge in [-0.2, -0.15) is 4.98 Å². The molecule has 2 N–H and O–H groups in total. The number of rotatable bonds is 2. The summed E-state index contributed by atoms with van der Waals surface area (Å²) in [6, 6.07) is 5.42. The molecule has 15 heavy (non-hydrogen) atoms. The molecule has 0 unspecified atom stereocenters. The summed E-state index contributed by atoms with van der Waals surface area (Å²) >= 11 is 7.27. The molecule has 4 nitrogen and oxygen atoms in total. The van der Waals surface area contributed by atoms with E-state index < -0.39 is 0 Å². The van der Waals surface area contributed by atoms with Gasteiger partial charge in [0.25, 0.3) is 0 Å². The second kappa shape index (κ2) is 4.04. The van der Waals surface area contributed by atoms with Gasteiger partial charge in [0.2, 0.25) is 11.8 Å². The highest BCUT2D eigenvalue weighted by Crippen LogP contribution is 2.31. The van der Waals surface area contributed by atoms with Crippen LogP contribution in [0, 0.1) is 0 Å². The van der Waals surface area contributed by atoms with E-state index in [0.717, 1.165) is 10.6 Å². The van der Waals surface area contributed by atoms with Crippen LogP contribution in [0.5, 0.6) is 5.88 Å². The van der Waals surface area contributed by atoms with Crippen LogP contribution in [-0.4, -0.2) is 17.1 Å². The van der Waals surface area contributed by atoms with Crippen molar-refractivity contribution in [2.24, 2.45) is 0 Å². The molecule has 0 aliphatic heterocycles. The summed E-state index contributed by atoms with van der Waals surface area (Å²) < 4.78 is 5.71. The van der Waals surface area contributed by atoms with Crippen molar-refractivity contribution in [1.29, 1.82) is 0 Å².